The number of hydrogen-bond acceptors (Lipinski definition) is 1. The van der Waals surface area contributed by atoms with Crippen molar-refractivity contribution in [1.82, 2.24) is 0 Å². The molecule has 0 bridgehead atoms. The summed E-state index contributed by atoms with van der Waals surface area (Å²) < 4.78 is 2.20. The quantitative estimate of drug-likeness (QED) is 0.565. The van der Waals surface area contributed by atoms with Gasteiger partial charge in [0.25, 0.3) is 0 Å². The molecular formula is C18H21Br2N. The summed E-state index contributed by atoms with van der Waals surface area (Å²) in [6, 6.07) is 15.3. The van der Waals surface area contributed by atoms with Gasteiger partial charge in [-0.2, -0.15) is 0 Å². The van der Waals surface area contributed by atoms with Crippen molar-refractivity contribution in [1.29, 1.82) is 0 Å². The topological polar surface area (TPSA) is 12.0 Å². The molecule has 0 amide bonds. The highest BCUT2D eigenvalue weighted by Crippen LogP contribution is 2.29. The van der Waals surface area contributed by atoms with E-state index < -0.39 is 0 Å². The molecule has 0 aliphatic carbocycles. The molecule has 0 saturated heterocycles. The van der Waals surface area contributed by atoms with Gasteiger partial charge in [-0.3, -0.25) is 0 Å². The first-order valence-electron chi connectivity index (χ1n) is 7.32. The first kappa shape index (κ1) is 16.6. The van der Waals surface area contributed by atoms with Crippen LogP contribution in [0.2, 0.25) is 0 Å². The predicted octanol–water partition coefficient (Wildman–Crippen LogP) is 6.90. The van der Waals surface area contributed by atoms with E-state index >= 15 is 0 Å². The third kappa shape index (κ3) is 4.33. The Labute approximate surface area is 144 Å². The molecule has 1 nitrogen and oxygen atoms in total. The molecule has 0 aliphatic heterocycles. The van der Waals surface area contributed by atoms with Crippen LogP contribution in [-0.4, -0.2) is 0 Å². The lowest BCUT2D eigenvalue weighted by Gasteiger charge is -2.18. The van der Waals surface area contributed by atoms with Crippen molar-refractivity contribution in [3.8, 4) is 0 Å². The number of halogens is 2. The monoisotopic (exact) mass is 409 g/mol. The molecule has 2 rings (SSSR count). The Morgan fingerprint density at radius 1 is 1.00 bits per heavy atom. The van der Waals surface area contributed by atoms with E-state index in [2.05, 4.69) is 100 Å². The van der Waals surface area contributed by atoms with Gasteiger partial charge in [-0.05, 0) is 54.7 Å². The average molecular weight is 411 g/mol. The minimum atomic E-state index is 0.252. The van der Waals surface area contributed by atoms with E-state index in [4.69, 9.17) is 0 Å². The zero-order valence-electron chi connectivity index (χ0n) is 12.7. The molecule has 0 heterocycles. The van der Waals surface area contributed by atoms with Crippen LogP contribution in [0, 0.1) is 0 Å². The second-order valence-electron chi connectivity index (χ2n) is 5.46. The van der Waals surface area contributed by atoms with Gasteiger partial charge in [0, 0.05) is 20.7 Å². The second-order valence-corrected chi connectivity index (χ2v) is 7.23. The summed E-state index contributed by atoms with van der Waals surface area (Å²) in [5.41, 5.74) is 3.81. The van der Waals surface area contributed by atoms with Gasteiger partial charge < -0.3 is 5.32 Å². The Bertz CT molecular complexity index is 593. The van der Waals surface area contributed by atoms with Gasteiger partial charge in [0.1, 0.15) is 0 Å². The Morgan fingerprint density at radius 2 is 1.67 bits per heavy atom. The highest BCUT2D eigenvalue weighted by atomic mass is 79.9. The highest BCUT2D eigenvalue weighted by Gasteiger charge is 2.10. The lowest BCUT2D eigenvalue weighted by Crippen LogP contribution is -2.07. The van der Waals surface area contributed by atoms with Crippen LogP contribution in [0.3, 0.4) is 0 Å². The fourth-order valence-electron chi connectivity index (χ4n) is 2.32. The van der Waals surface area contributed by atoms with Crippen molar-refractivity contribution in [3.05, 3.63) is 62.5 Å². The van der Waals surface area contributed by atoms with Gasteiger partial charge in [0.05, 0.1) is 0 Å². The molecule has 0 aliphatic rings. The van der Waals surface area contributed by atoms with Gasteiger partial charge in [0.15, 0.2) is 0 Å². The second kappa shape index (κ2) is 7.46. The van der Waals surface area contributed by atoms with Crippen molar-refractivity contribution in [3.63, 3.8) is 0 Å². The van der Waals surface area contributed by atoms with E-state index in [0.29, 0.717) is 5.92 Å². The molecule has 2 aromatic rings. The van der Waals surface area contributed by atoms with Crippen molar-refractivity contribution < 1.29 is 0 Å². The Morgan fingerprint density at radius 3 is 2.24 bits per heavy atom. The van der Waals surface area contributed by atoms with Crippen LogP contribution in [0.25, 0.3) is 0 Å². The van der Waals surface area contributed by atoms with Gasteiger partial charge in [0.2, 0.25) is 0 Å². The summed E-state index contributed by atoms with van der Waals surface area (Å²) in [7, 11) is 0. The highest BCUT2D eigenvalue weighted by molar-refractivity contribution is 9.11. The number of nitrogens with one attached hydrogen (secondary N) is 1. The molecule has 0 radical (unpaired) electrons. The molecule has 21 heavy (non-hydrogen) atoms. The molecule has 0 saturated carbocycles. The number of anilines is 1. The lowest BCUT2D eigenvalue weighted by atomic mass is 9.98. The normalized spacial score (nSPS) is 13.8. The van der Waals surface area contributed by atoms with Gasteiger partial charge in [-0.15, -0.1) is 0 Å². The molecule has 3 heteroatoms. The van der Waals surface area contributed by atoms with E-state index in [1.54, 1.807) is 0 Å². The Kier molecular flexibility index (Phi) is 5.88. The number of benzene rings is 2. The van der Waals surface area contributed by atoms with Gasteiger partial charge in [-0.25, -0.2) is 0 Å². The third-order valence-electron chi connectivity index (χ3n) is 3.90. The third-order valence-corrected chi connectivity index (χ3v) is 5.08. The largest absolute Gasteiger partial charge is 0.378 e. The maximum atomic E-state index is 3.63. The Balaban J connectivity index is 2.10. The van der Waals surface area contributed by atoms with Crippen molar-refractivity contribution >= 4 is 37.5 Å². The first-order chi connectivity index (χ1) is 10.0. The molecular weight excluding hydrogens is 390 g/mol. The van der Waals surface area contributed by atoms with Gasteiger partial charge in [-0.1, -0.05) is 63.9 Å². The smallest absolute Gasteiger partial charge is 0.0496 e. The van der Waals surface area contributed by atoms with Crippen molar-refractivity contribution in [2.24, 2.45) is 0 Å². The molecule has 0 aromatic heterocycles. The molecule has 1 N–H and O–H groups in total. The molecule has 2 unspecified atom stereocenters. The number of hydrogen-bond donors (Lipinski definition) is 1. The van der Waals surface area contributed by atoms with Crippen LogP contribution in [0.15, 0.2) is 51.4 Å². The van der Waals surface area contributed by atoms with Gasteiger partial charge >= 0.3 is 0 Å². The molecule has 112 valence electrons. The van der Waals surface area contributed by atoms with Crippen molar-refractivity contribution in [2.45, 2.75) is 39.2 Å². The maximum Gasteiger partial charge on any atom is 0.0496 e. The van der Waals surface area contributed by atoms with E-state index in [9.17, 15) is 0 Å². The summed E-state index contributed by atoms with van der Waals surface area (Å²) in [5.74, 6) is 0.622. The predicted molar refractivity (Wildman–Crippen MR) is 99.0 cm³/mol. The summed E-state index contributed by atoms with van der Waals surface area (Å²) in [6.45, 7) is 6.67. The minimum absolute atomic E-state index is 0.252. The number of rotatable bonds is 5. The molecule has 0 spiro atoms. The maximum absolute atomic E-state index is 3.63. The van der Waals surface area contributed by atoms with E-state index in [1.165, 1.54) is 17.5 Å². The van der Waals surface area contributed by atoms with Crippen molar-refractivity contribution in [2.75, 3.05) is 5.32 Å². The fraction of sp³-hybridized carbons (Fsp3) is 0.333. The lowest BCUT2D eigenvalue weighted by molar-refractivity contribution is 0.733. The standard InChI is InChI=1S/C18H21Br2N/c1-4-12(2)14-5-8-16(9-6-14)21-13(3)17-10-7-15(19)11-18(17)20/h5-13,21H,4H2,1-3H3. The summed E-state index contributed by atoms with van der Waals surface area (Å²) in [4.78, 5) is 0. The van der Waals surface area contributed by atoms with Crippen LogP contribution < -0.4 is 5.32 Å². The van der Waals surface area contributed by atoms with E-state index in [1.807, 2.05) is 0 Å². The van der Waals surface area contributed by atoms with E-state index in [-0.39, 0.29) is 6.04 Å². The Hall–Kier alpha value is -0.800. The van der Waals surface area contributed by atoms with Crippen LogP contribution in [0.1, 0.15) is 50.3 Å². The first-order valence-corrected chi connectivity index (χ1v) is 8.91. The minimum Gasteiger partial charge on any atom is -0.378 e. The van der Waals surface area contributed by atoms with E-state index in [0.717, 1.165) is 14.6 Å². The average Bonchev–Trinajstić information content (AvgIpc) is 2.47. The zero-order chi connectivity index (χ0) is 15.4. The molecule has 0 fully saturated rings. The molecule has 2 atom stereocenters. The summed E-state index contributed by atoms with van der Waals surface area (Å²) in [6.07, 6.45) is 1.18. The fourth-order valence-corrected chi connectivity index (χ4v) is 3.71. The molecule has 2 aromatic carbocycles. The summed E-state index contributed by atoms with van der Waals surface area (Å²) in [5, 5.41) is 3.56. The SMILES string of the molecule is CCC(C)c1ccc(NC(C)c2ccc(Br)cc2Br)cc1. The summed E-state index contributed by atoms with van der Waals surface area (Å²) >= 11 is 7.12. The van der Waals surface area contributed by atoms with Crippen LogP contribution in [0.4, 0.5) is 5.69 Å². The van der Waals surface area contributed by atoms with Crippen LogP contribution in [-0.2, 0) is 0 Å². The zero-order valence-corrected chi connectivity index (χ0v) is 15.8. The van der Waals surface area contributed by atoms with Crippen LogP contribution >= 0.6 is 31.9 Å². The van der Waals surface area contributed by atoms with Crippen LogP contribution in [0.5, 0.6) is 0 Å².